The first-order valence-corrected chi connectivity index (χ1v) is 14.0. The van der Waals surface area contributed by atoms with Crippen LogP contribution in [0.25, 0.3) is 0 Å². The van der Waals surface area contributed by atoms with Gasteiger partial charge in [0, 0.05) is 43.0 Å². The molecule has 216 valence electrons. The summed E-state index contributed by atoms with van der Waals surface area (Å²) in [6.45, 7) is 2.37. The molecule has 0 bridgehead atoms. The van der Waals surface area contributed by atoms with Crippen molar-refractivity contribution in [3.05, 3.63) is 82.8 Å². The Kier molecular flexibility index (Phi) is 10.3. The number of anilines is 2. The minimum Gasteiger partial charge on any atom is -0.481 e. The number of likely N-dealkylation sites (N-methyl/N-ethyl adjacent to an activating group) is 1. The van der Waals surface area contributed by atoms with Gasteiger partial charge in [-0.1, -0.05) is 55.3 Å². The second kappa shape index (κ2) is 14.2. The summed E-state index contributed by atoms with van der Waals surface area (Å²) in [5.74, 6) is -0.122. The molecule has 0 spiro atoms. The van der Waals surface area contributed by atoms with Crippen molar-refractivity contribution in [3.8, 4) is 0 Å². The first-order valence-electron chi connectivity index (χ1n) is 14.0. The lowest BCUT2D eigenvalue weighted by Crippen LogP contribution is -2.40. The van der Waals surface area contributed by atoms with E-state index in [-0.39, 0.29) is 30.9 Å². The van der Waals surface area contributed by atoms with Crippen LogP contribution in [-0.2, 0) is 28.9 Å². The third-order valence-electron chi connectivity index (χ3n) is 7.15. The minimum absolute atomic E-state index is 0.0762. The molecule has 10 heteroatoms. The molecule has 10 nitrogen and oxygen atoms in total. The fraction of sp³-hybridized carbons (Fsp3) is 0.387. The van der Waals surface area contributed by atoms with Gasteiger partial charge in [0.1, 0.15) is 11.6 Å². The van der Waals surface area contributed by atoms with Crippen LogP contribution in [0.4, 0.5) is 16.3 Å². The van der Waals surface area contributed by atoms with Crippen LogP contribution >= 0.6 is 0 Å². The molecule has 4 N–H and O–H groups in total. The van der Waals surface area contributed by atoms with Gasteiger partial charge in [-0.25, -0.2) is 14.8 Å². The zero-order valence-corrected chi connectivity index (χ0v) is 23.7. The lowest BCUT2D eigenvalue weighted by molar-refractivity contribution is -0.136. The molecule has 1 fully saturated rings. The van der Waals surface area contributed by atoms with Gasteiger partial charge in [0.2, 0.25) is 5.91 Å². The number of hydrogen-bond donors (Lipinski definition) is 4. The van der Waals surface area contributed by atoms with Crippen LogP contribution in [0.1, 0.15) is 53.9 Å². The van der Waals surface area contributed by atoms with E-state index in [1.54, 1.807) is 18.9 Å². The van der Waals surface area contributed by atoms with Crippen LogP contribution in [0.5, 0.6) is 0 Å². The fourth-order valence-corrected chi connectivity index (χ4v) is 5.05. The van der Waals surface area contributed by atoms with Crippen molar-refractivity contribution in [2.75, 3.05) is 30.4 Å². The third-order valence-corrected chi connectivity index (χ3v) is 7.15. The molecule has 1 saturated carbocycles. The zero-order chi connectivity index (χ0) is 29.2. The van der Waals surface area contributed by atoms with E-state index in [0.29, 0.717) is 41.6 Å². The van der Waals surface area contributed by atoms with Crippen molar-refractivity contribution in [2.24, 2.45) is 0 Å². The molecule has 0 radical (unpaired) electrons. The summed E-state index contributed by atoms with van der Waals surface area (Å²) < 4.78 is 0. The second-order valence-electron chi connectivity index (χ2n) is 10.5. The Labute approximate surface area is 240 Å². The maximum absolute atomic E-state index is 12.7. The van der Waals surface area contributed by atoms with Gasteiger partial charge in [-0.3, -0.25) is 9.59 Å². The lowest BCUT2D eigenvalue weighted by Gasteiger charge is -2.23. The van der Waals surface area contributed by atoms with Gasteiger partial charge < -0.3 is 26.0 Å². The Morgan fingerprint density at radius 2 is 1.68 bits per heavy atom. The third kappa shape index (κ3) is 9.02. The van der Waals surface area contributed by atoms with Crippen molar-refractivity contribution in [1.29, 1.82) is 0 Å². The molecule has 3 aromatic rings. The van der Waals surface area contributed by atoms with Gasteiger partial charge in [-0.15, -0.1) is 0 Å². The van der Waals surface area contributed by atoms with Crippen molar-refractivity contribution in [2.45, 2.75) is 57.9 Å². The Morgan fingerprint density at radius 1 is 0.976 bits per heavy atom. The van der Waals surface area contributed by atoms with Crippen molar-refractivity contribution >= 4 is 29.4 Å². The Bertz CT molecular complexity index is 1340. The van der Waals surface area contributed by atoms with E-state index in [1.165, 1.54) is 0 Å². The van der Waals surface area contributed by atoms with Gasteiger partial charge >= 0.3 is 12.0 Å². The maximum Gasteiger partial charge on any atom is 0.319 e. The van der Waals surface area contributed by atoms with Crippen LogP contribution in [0, 0.1) is 6.92 Å². The highest BCUT2D eigenvalue weighted by molar-refractivity contribution is 5.89. The summed E-state index contributed by atoms with van der Waals surface area (Å²) in [5, 5.41) is 18.3. The van der Waals surface area contributed by atoms with Crippen LogP contribution in [0.2, 0.25) is 0 Å². The van der Waals surface area contributed by atoms with Crippen LogP contribution in [0.15, 0.2) is 54.6 Å². The van der Waals surface area contributed by atoms with Crippen molar-refractivity contribution in [1.82, 2.24) is 20.6 Å². The molecule has 1 heterocycles. The predicted octanol–water partition coefficient (Wildman–Crippen LogP) is 3.86. The molecule has 0 atom stereocenters. The van der Waals surface area contributed by atoms with E-state index in [2.05, 4.69) is 25.9 Å². The topological polar surface area (TPSA) is 137 Å². The summed E-state index contributed by atoms with van der Waals surface area (Å²) >= 11 is 0. The largest absolute Gasteiger partial charge is 0.481 e. The summed E-state index contributed by atoms with van der Waals surface area (Å²) in [5.41, 5.74) is 3.81. The number of carbonyl (C=O) groups is 3. The van der Waals surface area contributed by atoms with Gasteiger partial charge in [-0.05, 0) is 49.4 Å². The van der Waals surface area contributed by atoms with Crippen molar-refractivity contribution in [3.63, 3.8) is 0 Å². The number of aromatic nitrogens is 2. The minimum atomic E-state index is -0.985. The van der Waals surface area contributed by atoms with Crippen LogP contribution in [-0.4, -0.2) is 59.2 Å². The van der Waals surface area contributed by atoms with Gasteiger partial charge in [-0.2, -0.15) is 0 Å². The molecule has 0 saturated heterocycles. The smallest absolute Gasteiger partial charge is 0.319 e. The summed E-state index contributed by atoms with van der Waals surface area (Å²) in [4.78, 5) is 47.5. The average molecular weight is 559 g/mol. The highest BCUT2D eigenvalue weighted by Gasteiger charge is 2.22. The molecule has 0 unspecified atom stereocenters. The fourth-order valence-electron chi connectivity index (χ4n) is 5.05. The van der Waals surface area contributed by atoms with E-state index < -0.39 is 5.97 Å². The van der Waals surface area contributed by atoms with E-state index in [9.17, 15) is 19.5 Å². The molecule has 41 heavy (non-hydrogen) atoms. The van der Waals surface area contributed by atoms with Crippen LogP contribution in [0.3, 0.4) is 0 Å². The quantitative estimate of drug-likeness (QED) is 0.265. The van der Waals surface area contributed by atoms with E-state index in [1.807, 2.05) is 54.6 Å². The number of carboxylic acids is 1. The second-order valence-corrected chi connectivity index (χ2v) is 10.5. The molecular weight excluding hydrogens is 520 g/mol. The maximum atomic E-state index is 12.7. The number of amides is 3. The number of carboxylic acid groups (broad SMARTS) is 1. The molecule has 4 rings (SSSR count). The highest BCUT2D eigenvalue weighted by atomic mass is 16.4. The Morgan fingerprint density at radius 3 is 2.37 bits per heavy atom. The number of nitrogens with one attached hydrogen (secondary N) is 3. The van der Waals surface area contributed by atoms with E-state index in [0.717, 1.165) is 43.2 Å². The summed E-state index contributed by atoms with van der Waals surface area (Å²) in [6.07, 6.45) is 5.15. The predicted molar refractivity (Wildman–Crippen MR) is 158 cm³/mol. The lowest BCUT2D eigenvalue weighted by atomic mass is 10.1. The van der Waals surface area contributed by atoms with E-state index in [4.69, 9.17) is 0 Å². The number of urea groups is 1. The summed E-state index contributed by atoms with van der Waals surface area (Å²) in [7, 11) is 1.75. The molecule has 0 aliphatic heterocycles. The number of hydrogen-bond acceptors (Lipinski definition) is 6. The van der Waals surface area contributed by atoms with Crippen LogP contribution < -0.4 is 20.9 Å². The molecule has 1 aromatic heterocycles. The first kappa shape index (κ1) is 29.5. The molecule has 3 amide bonds. The van der Waals surface area contributed by atoms with Gasteiger partial charge in [0.25, 0.3) is 0 Å². The van der Waals surface area contributed by atoms with Crippen molar-refractivity contribution < 1.29 is 19.5 Å². The summed E-state index contributed by atoms with van der Waals surface area (Å²) in [6, 6.07) is 17.3. The zero-order valence-electron chi connectivity index (χ0n) is 23.7. The molecule has 1 aliphatic rings. The Balaban J connectivity index is 1.38. The first-order chi connectivity index (χ1) is 19.8. The standard InChI is InChI=1S/C31H38N6O4/c1-21-26(19-29(39)40)30(37(2)20-28(38)34-24-10-6-7-11-24)36-27(33-21)18-23-12-14-25(15-13-23)35-31(41)32-17-16-22-8-4-3-5-9-22/h3-5,8-9,12-15,24H,6-7,10-11,16-20H2,1-2H3,(H,34,38)(H,39,40)(H2,32,35,41). The van der Waals surface area contributed by atoms with Gasteiger partial charge in [0.15, 0.2) is 0 Å². The number of rotatable bonds is 12. The number of aryl methyl sites for hydroxylation is 1. The number of aliphatic carboxylic acids is 1. The van der Waals surface area contributed by atoms with Gasteiger partial charge in [0.05, 0.1) is 13.0 Å². The number of carbonyl (C=O) groups excluding carboxylic acids is 2. The molecular formula is C31H38N6O4. The SMILES string of the molecule is Cc1nc(Cc2ccc(NC(=O)NCCc3ccccc3)cc2)nc(N(C)CC(=O)NC2CCCC2)c1CC(=O)O. The normalized spacial score (nSPS) is 13.0. The number of benzene rings is 2. The monoisotopic (exact) mass is 558 g/mol. The average Bonchev–Trinajstić information content (AvgIpc) is 3.44. The highest BCUT2D eigenvalue weighted by Crippen LogP contribution is 2.23. The number of nitrogens with zero attached hydrogens (tertiary/aromatic N) is 3. The van der Waals surface area contributed by atoms with E-state index >= 15 is 0 Å². The Hall–Kier alpha value is -4.47. The molecule has 2 aromatic carbocycles. The molecule has 1 aliphatic carbocycles.